The zero-order valence-electron chi connectivity index (χ0n) is 4.91. The van der Waals surface area contributed by atoms with Gasteiger partial charge in [-0.25, -0.2) is 0 Å². The van der Waals surface area contributed by atoms with Crippen LogP contribution in [0.25, 0.3) is 0 Å². The maximum atomic E-state index is 5.75. The van der Waals surface area contributed by atoms with Gasteiger partial charge in [0.05, 0.1) is 0 Å². The Bertz CT molecular complexity index is 200. The molecule has 0 aliphatic carbocycles. The van der Waals surface area contributed by atoms with Gasteiger partial charge in [-0.1, -0.05) is 27.5 Å². The molecule has 0 saturated heterocycles. The largest absolute Gasteiger partial charge is 0.0840 e. The Labute approximate surface area is 68.0 Å². The number of hydrogen-bond donors (Lipinski definition) is 0. The van der Waals surface area contributed by atoms with Crippen LogP contribution < -0.4 is 0 Å². The van der Waals surface area contributed by atoms with Crippen LogP contribution >= 0.6 is 27.5 Å². The number of halogens is 2. The van der Waals surface area contributed by atoms with E-state index in [-0.39, 0.29) is 0 Å². The Kier molecular flexibility index (Phi) is 2.14. The van der Waals surface area contributed by atoms with Gasteiger partial charge in [0.25, 0.3) is 0 Å². The first-order chi connectivity index (χ1) is 4.22. The van der Waals surface area contributed by atoms with Crippen LogP contribution in [0.2, 0.25) is 5.02 Å². The van der Waals surface area contributed by atoms with Crippen LogP contribution in [-0.4, -0.2) is 0 Å². The fraction of sp³-hybridized carbons (Fsp3) is 0.143. The van der Waals surface area contributed by atoms with E-state index in [0.717, 1.165) is 15.1 Å². The first-order valence-corrected chi connectivity index (χ1v) is 3.70. The van der Waals surface area contributed by atoms with Crippen molar-refractivity contribution in [2.45, 2.75) is 6.92 Å². The second-order valence-electron chi connectivity index (χ2n) is 1.78. The third-order valence-corrected chi connectivity index (χ3v) is 2.35. The van der Waals surface area contributed by atoms with Crippen LogP contribution in [0, 0.1) is 13.0 Å². The lowest BCUT2D eigenvalue weighted by Crippen LogP contribution is -1.74. The molecular formula is C7H5BrCl. The number of rotatable bonds is 0. The summed E-state index contributed by atoms with van der Waals surface area (Å²) in [6.45, 7) is 1.96. The first-order valence-electron chi connectivity index (χ1n) is 2.53. The molecule has 9 heavy (non-hydrogen) atoms. The van der Waals surface area contributed by atoms with Gasteiger partial charge in [0.15, 0.2) is 0 Å². The molecule has 0 aliphatic rings. The van der Waals surface area contributed by atoms with Gasteiger partial charge in [-0.3, -0.25) is 0 Å². The molecule has 0 spiro atoms. The molecule has 0 fully saturated rings. The van der Waals surface area contributed by atoms with E-state index in [2.05, 4.69) is 22.0 Å². The quantitative estimate of drug-likeness (QED) is 0.609. The minimum atomic E-state index is 0.754. The molecule has 1 radical (unpaired) electrons. The lowest BCUT2D eigenvalue weighted by atomic mass is 10.2. The summed E-state index contributed by atoms with van der Waals surface area (Å²) in [6.07, 6.45) is 0. The molecule has 0 heterocycles. The summed E-state index contributed by atoms with van der Waals surface area (Å²) in [5.74, 6) is 0. The van der Waals surface area contributed by atoms with E-state index >= 15 is 0 Å². The molecule has 1 aromatic carbocycles. The summed E-state index contributed by atoms with van der Waals surface area (Å²) in [5.41, 5.74) is 1.07. The van der Waals surface area contributed by atoms with Crippen molar-refractivity contribution in [3.05, 3.63) is 33.3 Å². The highest BCUT2D eigenvalue weighted by molar-refractivity contribution is 9.10. The van der Waals surface area contributed by atoms with E-state index in [1.165, 1.54) is 0 Å². The Morgan fingerprint density at radius 3 is 2.67 bits per heavy atom. The molecule has 0 amide bonds. The van der Waals surface area contributed by atoms with Gasteiger partial charge in [-0.05, 0) is 30.7 Å². The maximum Gasteiger partial charge on any atom is 0.0452 e. The van der Waals surface area contributed by atoms with Crippen LogP contribution in [0.5, 0.6) is 0 Å². The van der Waals surface area contributed by atoms with Crippen LogP contribution in [0.1, 0.15) is 5.56 Å². The lowest BCUT2D eigenvalue weighted by molar-refractivity contribution is 1.43. The van der Waals surface area contributed by atoms with Crippen molar-refractivity contribution < 1.29 is 0 Å². The van der Waals surface area contributed by atoms with Gasteiger partial charge in [-0.15, -0.1) is 0 Å². The van der Waals surface area contributed by atoms with Crippen molar-refractivity contribution in [2.24, 2.45) is 0 Å². The van der Waals surface area contributed by atoms with E-state index < -0.39 is 0 Å². The van der Waals surface area contributed by atoms with Crippen molar-refractivity contribution in [1.29, 1.82) is 0 Å². The summed E-state index contributed by atoms with van der Waals surface area (Å²) in [4.78, 5) is 0. The molecule has 0 aliphatic heterocycles. The molecule has 0 atom stereocenters. The molecule has 2 heteroatoms. The minimum Gasteiger partial charge on any atom is -0.0840 e. The molecule has 0 unspecified atom stereocenters. The monoisotopic (exact) mass is 203 g/mol. The Morgan fingerprint density at radius 2 is 2.22 bits per heavy atom. The SMILES string of the molecule is Cc1c(Cl)c[c]cc1Br. The first kappa shape index (κ1) is 7.10. The maximum absolute atomic E-state index is 5.75. The Balaban J connectivity index is 3.25. The lowest BCUT2D eigenvalue weighted by Gasteiger charge is -1.96. The van der Waals surface area contributed by atoms with Crippen molar-refractivity contribution in [1.82, 2.24) is 0 Å². The molecule has 1 rings (SSSR count). The summed E-state index contributed by atoms with van der Waals surface area (Å²) < 4.78 is 1.01. The highest BCUT2D eigenvalue weighted by atomic mass is 79.9. The normalized spacial score (nSPS) is 9.67. The summed E-state index contributed by atoms with van der Waals surface area (Å²) in [6, 6.07) is 6.49. The van der Waals surface area contributed by atoms with E-state index in [1.54, 1.807) is 6.07 Å². The van der Waals surface area contributed by atoms with Crippen molar-refractivity contribution in [3.63, 3.8) is 0 Å². The second kappa shape index (κ2) is 2.72. The zero-order chi connectivity index (χ0) is 6.85. The molecule has 0 nitrogen and oxygen atoms in total. The van der Waals surface area contributed by atoms with Gasteiger partial charge in [0.1, 0.15) is 0 Å². The fourth-order valence-electron chi connectivity index (χ4n) is 0.519. The predicted octanol–water partition coefficient (Wildman–Crippen LogP) is 3.21. The molecule has 0 bridgehead atoms. The van der Waals surface area contributed by atoms with Gasteiger partial charge < -0.3 is 0 Å². The van der Waals surface area contributed by atoms with E-state index in [4.69, 9.17) is 11.6 Å². The third kappa shape index (κ3) is 1.46. The smallest absolute Gasteiger partial charge is 0.0452 e. The molecule has 0 saturated carbocycles. The van der Waals surface area contributed by atoms with E-state index in [9.17, 15) is 0 Å². The molecule has 47 valence electrons. The van der Waals surface area contributed by atoms with Crippen molar-refractivity contribution >= 4 is 27.5 Å². The Morgan fingerprint density at radius 1 is 1.56 bits per heavy atom. The van der Waals surface area contributed by atoms with Gasteiger partial charge in [0, 0.05) is 9.50 Å². The molecule has 0 aromatic heterocycles. The van der Waals surface area contributed by atoms with Crippen LogP contribution in [0.15, 0.2) is 16.6 Å². The molecular weight excluding hydrogens is 199 g/mol. The van der Waals surface area contributed by atoms with Gasteiger partial charge in [-0.2, -0.15) is 0 Å². The number of benzene rings is 1. The average Bonchev–Trinajstić information content (AvgIpc) is 1.83. The molecule has 1 aromatic rings. The van der Waals surface area contributed by atoms with Gasteiger partial charge >= 0.3 is 0 Å². The Hall–Kier alpha value is -0.0100. The topological polar surface area (TPSA) is 0 Å². The van der Waals surface area contributed by atoms with Crippen LogP contribution in [0.3, 0.4) is 0 Å². The summed E-state index contributed by atoms with van der Waals surface area (Å²) >= 11 is 9.08. The summed E-state index contributed by atoms with van der Waals surface area (Å²) in [5, 5.41) is 0.754. The highest BCUT2D eigenvalue weighted by Gasteiger charge is 1.95. The van der Waals surface area contributed by atoms with E-state index in [1.807, 2.05) is 13.0 Å². The number of hydrogen-bond acceptors (Lipinski definition) is 0. The molecule has 0 N–H and O–H groups in total. The third-order valence-electron chi connectivity index (χ3n) is 1.14. The van der Waals surface area contributed by atoms with E-state index in [0.29, 0.717) is 0 Å². The van der Waals surface area contributed by atoms with Crippen LogP contribution in [-0.2, 0) is 0 Å². The zero-order valence-corrected chi connectivity index (χ0v) is 7.25. The fourth-order valence-corrected chi connectivity index (χ4v) is 1.14. The minimum absolute atomic E-state index is 0.754. The van der Waals surface area contributed by atoms with Crippen LogP contribution in [0.4, 0.5) is 0 Å². The van der Waals surface area contributed by atoms with Crippen molar-refractivity contribution in [2.75, 3.05) is 0 Å². The van der Waals surface area contributed by atoms with Crippen molar-refractivity contribution in [3.8, 4) is 0 Å². The van der Waals surface area contributed by atoms with Gasteiger partial charge in [0.2, 0.25) is 0 Å². The average molecular weight is 204 g/mol. The highest BCUT2D eigenvalue weighted by Crippen LogP contribution is 2.22. The standard InChI is InChI=1S/C7H5BrCl/c1-5-6(8)3-2-4-7(5)9/h3-4H,1H3. The predicted molar refractivity (Wildman–Crippen MR) is 42.7 cm³/mol. The summed E-state index contributed by atoms with van der Waals surface area (Å²) in [7, 11) is 0. The second-order valence-corrected chi connectivity index (χ2v) is 3.04.